The van der Waals surface area contributed by atoms with Crippen LogP contribution in [0.5, 0.6) is 0 Å². The van der Waals surface area contributed by atoms with Gasteiger partial charge in [0.2, 0.25) is 0 Å². The molecular weight excluding hydrogens is 324 g/mol. The molecule has 3 aromatic rings. The van der Waals surface area contributed by atoms with Gasteiger partial charge in [-0.2, -0.15) is 0 Å². The lowest BCUT2D eigenvalue weighted by Gasteiger charge is -2.10. The van der Waals surface area contributed by atoms with E-state index in [1.54, 1.807) is 11.8 Å². The van der Waals surface area contributed by atoms with E-state index in [4.69, 9.17) is 12.2 Å². The molecule has 2 aromatic heterocycles. The number of pyridine rings is 1. The Balaban J connectivity index is 1.48. The summed E-state index contributed by atoms with van der Waals surface area (Å²) in [6, 6.07) is 16.1. The third-order valence-corrected chi connectivity index (χ3v) is 4.53. The Bertz CT molecular complexity index is 799. The van der Waals surface area contributed by atoms with Gasteiger partial charge in [0.25, 0.3) is 0 Å². The number of thiocarbonyl (C=S) groups is 1. The first-order valence-corrected chi connectivity index (χ1v) is 8.79. The lowest BCUT2D eigenvalue weighted by Crippen LogP contribution is -2.30. The fourth-order valence-electron chi connectivity index (χ4n) is 2.24. The van der Waals surface area contributed by atoms with Crippen LogP contribution in [0.4, 0.5) is 5.69 Å². The number of nitrogens with zero attached hydrogens (tertiary/aromatic N) is 2. The number of aromatic nitrogens is 2. The Kier molecular flexibility index (Phi) is 5.15. The van der Waals surface area contributed by atoms with Gasteiger partial charge in [-0.1, -0.05) is 24.3 Å². The van der Waals surface area contributed by atoms with Gasteiger partial charge in [-0.05, 0) is 43.4 Å². The molecule has 23 heavy (non-hydrogen) atoms. The van der Waals surface area contributed by atoms with Crippen molar-refractivity contribution in [2.45, 2.75) is 11.9 Å². The van der Waals surface area contributed by atoms with Crippen LogP contribution in [0, 0.1) is 6.92 Å². The topological polar surface area (TPSA) is 41.4 Å². The molecule has 0 saturated carbocycles. The molecule has 0 aliphatic rings. The van der Waals surface area contributed by atoms with Crippen LogP contribution in [0.3, 0.4) is 0 Å². The number of para-hydroxylation sites is 1. The summed E-state index contributed by atoms with van der Waals surface area (Å²) in [7, 11) is 0. The van der Waals surface area contributed by atoms with Crippen molar-refractivity contribution in [3.8, 4) is 0 Å². The van der Waals surface area contributed by atoms with Gasteiger partial charge >= 0.3 is 0 Å². The molecule has 0 aliphatic heterocycles. The van der Waals surface area contributed by atoms with E-state index in [-0.39, 0.29) is 0 Å². The SMILES string of the molecule is Cc1cn2c(SCCNC(=S)Nc3ccccc3)cccc2n1. The van der Waals surface area contributed by atoms with Gasteiger partial charge in [0.1, 0.15) is 5.65 Å². The lowest BCUT2D eigenvalue weighted by molar-refractivity contribution is 0.976. The second-order valence-electron chi connectivity index (χ2n) is 5.07. The van der Waals surface area contributed by atoms with E-state index in [0.29, 0.717) is 5.11 Å². The van der Waals surface area contributed by atoms with Crippen LogP contribution in [0.1, 0.15) is 5.69 Å². The fraction of sp³-hybridized carbons (Fsp3) is 0.176. The van der Waals surface area contributed by atoms with Gasteiger partial charge in [-0.25, -0.2) is 4.98 Å². The number of imidazole rings is 1. The maximum atomic E-state index is 5.30. The molecule has 2 heterocycles. The molecule has 0 atom stereocenters. The first-order chi connectivity index (χ1) is 11.2. The van der Waals surface area contributed by atoms with Crippen LogP contribution in [0.15, 0.2) is 59.8 Å². The number of fused-ring (bicyclic) bond motifs is 1. The van der Waals surface area contributed by atoms with Gasteiger partial charge in [0, 0.05) is 24.2 Å². The van der Waals surface area contributed by atoms with Crippen molar-refractivity contribution >= 4 is 40.4 Å². The van der Waals surface area contributed by atoms with Gasteiger partial charge < -0.3 is 10.6 Å². The minimum absolute atomic E-state index is 0.647. The average molecular weight is 342 g/mol. The molecular formula is C17H18N4S2. The number of benzene rings is 1. The van der Waals surface area contributed by atoms with Crippen LogP contribution in [0.25, 0.3) is 5.65 Å². The highest BCUT2D eigenvalue weighted by Gasteiger charge is 2.03. The zero-order chi connectivity index (χ0) is 16.1. The third-order valence-electron chi connectivity index (χ3n) is 3.24. The monoisotopic (exact) mass is 342 g/mol. The Morgan fingerprint density at radius 3 is 2.83 bits per heavy atom. The first kappa shape index (κ1) is 15.8. The van der Waals surface area contributed by atoms with Crippen molar-refractivity contribution in [1.29, 1.82) is 0 Å². The number of anilines is 1. The minimum atomic E-state index is 0.647. The maximum absolute atomic E-state index is 5.30. The van der Waals surface area contributed by atoms with Gasteiger partial charge in [-0.15, -0.1) is 11.8 Å². The molecule has 0 bridgehead atoms. The number of rotatable bonds is 5. The van der Waals surface area contributed by atoms with Crippen LogP contribution in [-0.4, -0.2) is 26.8 Å². The molecule has 0 fully saturated rings. The number of hydrogen-bond acceptors (Lipinski definition) is 3. The van der Waals surface area contributed by atoms with E-state index in [2.05, 4.69) is 32.3 Å². The maximum Gasteiger partial charge on any atom is 0.170 e. The normalized spacial score (nSPS) is 10.7. The Labute approximate surface area is 145 Å². The number of hydrogen-bond donors (Lipinski definition) is 2. The van der Waals surface area contributed by atoms with Crippen LogP contribution in [-0.2, 0) is 0 Å². The molecule has 4 nitrogen and oxygen atoms in total. The smallest absolute Gasteiger partial charge is 0.170 e. The zero-order valence-electron chi connectivity index (χ0n) is 12.8. The molecule has 2 N–H and O–H groups in total. The molecule has 0 saturated heterocycles. The van der Waals surface area contributed by atoms with Gasteiger partial charge in [0.15, 0.2) is 5.11 Å². The molecule has 0 amide bonds. The summed E-state index contributed by atoms with van der Waals surface area (Å²) in [6.45, 7) is 2.81. The van der Waals surface area contributed by atoms with E-state index < -0.39 is 0 Å². The largest absolute Gasteiger partial charge is 0.362 e. The van der Waals surface area contributed by atoms with Crippen molar-refractivity contribution in [2.75, 3.05) is 17.6 Å². The zero-order valence-corrected chi connectivity index (χ0v) is 14.5. The lowest BCUT2D eigenvalue weighted by atomic mass is 10.3. The number of aryl methyl sites for hydroxylation is 1. The highest BCUT2D eigenvalue weighted by Crippen LogP contribution is 2.19. The fourth-order valence-corrected chi connectivity index (χ4v) is 3.34. The van der Waals surface area contributed by atoms with Gasteiger partial charge in [-0.3, -0.25) is 4.40 Å². The molecule has 0 aliphatic carbocycles. The van der Waals surface area contributed by atoms with Crippen molar-refractivity contribution in [2.24, 2.45) is 0 Å². The van der Waals surface area contributed by atoms with E-state index >= 15 is 0 Å². The van der Waals surface area contributed by atoms with Crippen molar-refractivity contribution < 1.29 is 0 Å². The predicted octanol–water partition coefficient (Wildman–Crippen LogP) is 3.72. The molecule has 0 radical (unpaired) electrons. The third kappa shape index (κ3) is 4.24. The van der Waals surface area contributed by atoms with E-state index in [1.807, 2.05) is 49.4 Å². The predicted molar refractivity (Wildman–Crippen MR) is 101 cm³/mol. The summed E-state index contributed by atoms with van der Waals surface area (Å²) in [5, 5.41) is 8.23. The van der Waals surface area contributed by atoms with Crippen LogP contribution in [0.2, 0.25) is 0 Å². The number of nitrogens with one attached hydrogen (secondary N) is 2. The van der Waals surface area contributed by atoms with Crippen molar-refractivity contribution in [3.05, 3.63) is 60.4 Å². The average Bonchev–Trinajstić information content (AvgIpc) is 2.93. The summed E-state index contributed by atoms with van der Waals surface area (Å²) in [5.74, 6) is 0.924. The van der Waals surface area contributed by atoms with Crippen LogP contribution >= 0.6 is 24.0 Å². The number of thioether (sulfide) groups is 1. The molecule has 6 heteroatoms. The Morgan fingerprint density at radius 1 is 1.17 bits per heavy atom. The van der Waals surface area contributed by atoms with E-state index in [1.165, 1.54) is 5.03 Å². The standard InChI is InChI=1S/C17H18N4S2/c1-13-12-21-15(19-13)8-5-9-16(21)23-11-10-18-17(22)20-14-6-3-2-4-7-14/h2-9,12H,10-11H2,1H3,(H2,18,20,22). The minimum Gasteiger partial charge on any atom is -0.362 e. The van der Waals surface area contributed by atoms with Crippen molar-refractivity contribution in [3.63, 3.8) is 0 Å². The highest BCUT2D eigenvalue weighted by atomic mass is 32.2. The summed E-state index contributed by atoms with van der Waals surface area (Å²) in [6.07, 6.45) is 2.06. The molecule has 1 aromatic carbocycles. The Hall–Kier alpha value is -2.05. The molecule has 118 valence electrons. The summed E-state index contributed by atoms with van der Waals surface area (Å²) in [4.78, 5) is 4.48. The van der Waals surface area contributed by atoms with Gasteiger partial charge in [0.05, 0.1) is 10.7 Å². The summed E-state index contributed by atoms with van der Waals surface area (Å²) >= 11 is 7.08. The molecule has 3 rings (SSSR count). The second-order valence-corrected chi connectivity index (χ2v) is 6.59. The second kappa shape index (κ2) is 7.48. The van der Waals surface area contributed by atoms with E-state index in [9.17, 15) is 0 Å². The summed E-state index contributed by atoms with van der Waals surface area (Å²) < 4.78 is 2.13. The van der Waals surface area contributed by atoms with Crippen molar-refractivity contribution in [1.82, 2.24) is 14.7 Å². The van der Waals surface area contributed by atoms with Crippen LogP contribution < -0.4 is 10.6 Å². The van der Waals surface area contributed by atoms with E-state index in [0.717, 1.165) is 29.3 Å². The quantitative estimate of drug-likeness (QED) is 0.420. The Morgan fingerprint density at radius 2 is 2.00 bits per heavy atom. The molecule has 0 spiro atoms. The summed E-state index contributed by atoms with van der Waals surface area (Å²) in [5.41, 5.74) is 3.02. The highest BCUT2D eigenvalue weighted by molar-refractivity contribution is 7.99. The first-order valence-electron chi connectivity index (χ1n) is 7.40. The molecule has 0 unspecified atom stereocenters.